The Hall–Kier alpha value is -2.87. The summed E-state index contributed by atoms with van der Waals surface area (Å²) in [6.07, 6.45) is 1.80. The fourth-order valence-corrected chi connectivity index (χ4v) is 3.49. The molecule has 2 aromatic rings. The lowest BCUT2D eigenvalue weighted by atomic mass is 9.83. The highest BCUT2D eigenvalue weighted by molar-refractivity contribution is 5.89. The van der Waals surface area contributed by atoms with Crippen LogP contribution in [0.2, 0.25) is 0 Å². The number of carbonyl (C=O) groups is 2. The van der Waals surface area contributed by atoms with Crippen molar-refractivity contribution in [2.75, 3.05) is 12.4 Å². The van der Waals surface area contributed by atoms with Crippen molar-refractivity contribution in [1.82, 2.24) is 15.8 Å². The molecule has 1 saturated carbocycles. The van der Waals surface area contributed by atoms with Gasteiger partial charge in [0.1, 0.15) is 0 Å². The summed E-state index contributed by atoms with van der Waals surface area (Å²) in [6, 6.07) is 10.5. The summed E-state index contributed by atoms with van der Waals surface area (Å²) in [5.74, 6) is 0.365. The average Bonchev–Trinajstić information content (AvgIpc) is 3.12. The van der Waals surface area contributed by atoms with Crippen LogP contribution in [0.15, 0.2) is 40.9 Å². The van der Waals surface area contributed by atoms with Crippen molar-refractivity contribution in [2.24, 2.45) is 5.92 Å². The molecule has 8 nitrogen and oxygen atoms in total. The molecule has 1 fully saturated rings. The molecule has 8 heteroatoms. The largest absolute Gasteiger partial charge is 0.379 e. The SMILES string of the molecule is CO[C@@H]1CC[C@H](C(=O)NCc2cc(C)no2)C[C@H]1NC(=O)Nc1ccccc1. The summed E-state index contributed by atoms with van der Waals surface area (Å²) in [5, 5.41) is 12.4. The van der Waals surface area contributed by atoms with Gasteiger partial charge in [-0.25, -0.2) is 4.79 Å². The number of hydrogen-bond acceptors (Lipinski definition) is 5. The van der Waals surface area contributed by atoms with Crippen molar-refractivity contribution in [1.29, 1.82) is 0 Å². The summed E-state index contributed by atoms with van der Waals surface area (Å²) < 4.78 is 10.6. The number of para-hydroxylation sites is 1. The van der Waals surface area contributed by atoms with Gasteiger partial charge in [-0.05, 0) is 38.3 Å². The third-order valence-electron chi connectivity index (χ3n) is 4.92. The second kappa shape index (κ2) is 9.36. The fourth-order valence-electron chi connectivity index (χ4n) is 3.49. The van der Waals surface area contributed by atoms with Crippen molar-refractivity contribution >= 4 is 17.6 Å². The quantitative estimate of drug-likeness (QED) is 0.708. The Bertz CT molecular complexity index is 793. The molecule has 150 valence electrons. The average molecular weight is 386 g/mol. The number of ether oxygens (including phenoxy) is 1. The molecule has 1 aromatic heterocycles. The summed E-state index contributed by atoms with van der Waals surface area (Å²) >= 11 is 0. The van der Waals surface area contributed by atoms with Crippen molar-refractivity contribution in [3.63, 3.8) is 0 Å². The van der Waals surface area contributed by atoms with Gasteiger partial charge in [-0.2, -0.15) is 0 Å². The number of hydrogen-bond donors (Lipinski definition) is 3. The van der Waals surface area contributed by atoms with Crippen molar-refractivity contribution in [3.05, 3.63) is 47.9 Å². The lowest BCUT2D eigenvalue weighted by molar-refractivity contribution is -0.127. The molecule has 0 unspecified atom stereocenters. The molecular formula is C20H26N4O4. The molecule has 1 aliphatic rings. The molecule has 0 bridgehead atoms. The zero-order valence-electron chi connectivity index (χ0n) is 16.1. The number of aryl methyl sites for hydroxylation is 1. The van der Waals surface area contributed by atoms with Gasteiger partial charge in [0.2, 0.25) is 5.91 Å². The predicted octanol–water partition coefficient (Wildman–Crippen LogP) is 2.60. The summed E-state index contributed by atoms with van der Waals surface area (Å²) in [5.41, 5.74) is 1.49. The summed E-state index contributed by atoms with van der Waals surface area (Å²) in [7, 11) is 1.63. The lowest BCUT2D eigenvalue weighted by Crippen LogP contribution is -2.51. The van der Waals surface area contributed by atoms with Crippen molar-refractivity contribution < 1.29 is 18.8 Å². The number of aromatic nitrogens is 1. The van der Waals surface area contributed by atoms with Gasteiger partial charge in [-0.3, -0.25) is 4.79 Å². The van der Waals surface area contributed by atoms with Crippen LogP contribution in [0, 0.1) is 12.8 Å². The molecule has 3 rings (SSSR count). The monoisotopic (exact) mass is 386 g/mol. The Balaban J connectivity index is 1.54. The molecule has 1 aromatic carbocycles. The smallest absolute Gasteiger partial charge is 0.319 e. The molecule has 3 atom stereocenters. The van der Waals surface area contributed by atoms with Gasteiger partial charge in [-0.15, -0.1) is 0 Å². The molecule has 3 N–H and O–H groups in total. The number of nitrogens with zero attached hydrogens (tertiary/aromatic N) is 1. The van der Waals surface area contributed by atoms with Crippen LogP contribution in [-0.2, 0) is 16.1 Å². The number of methoxy groups -OCH3 is 1. The normalized spacial score (nSPS) is 21.7. The first kappa shape index (κ1) is 19.9. The van der Waals surface area contributed by atoms with Gasteiger partial charge in [-0.1, -0.05) is 23.4 Å². The second-order valence-electron chi connectivity index (χ2n) is 7.01. The first-order valence-corrected chi connectivity index (χ1v) is 9.40. The highest BCUT2D eigenvalue weighted by atomic mass is 16.5. The van der Waals surface area contributed by atoms with Crippen LogP contribution in [-0.4, -0.2) is 36.4 Å². The van der Waals surface area contributed by atoms with E-state index in [1.165, 1.54) is 0 Å². The Morgan fingerprint density at radius 3 is 2.71 bits per heavy atom. The maximum absolute atomic E-state index is 12.6. The van der Waals surface area contributed by atoms with E-state index in [9.17, 15) is 9.59 Å². The summed E-state index contributed by atoms with van der Waals surface area (Å²) in [6.45, 7) is 2.13. The molecular weight excluding hydrogens is 360 g/mol. The molecule has 1 heterocycles. The molecule has 0 radical (unpaired) electrons. The number of amides is 3. The maximum atomic E-state index is 12.6. The third kappa shape index (κ3) is 5.32. The van der Waals surface area contributed by atoms with Crippen LogP contribution < -0.4 is 16.0 Å². The molecule has 0 aliphatic heterocycles. The first-order chi connectivity index (χ1) is 13.5. The number of urea groups is 1. The summed E-state index contributed by atoms with van der Waals surface area (Å²) in [4.78, 5) is 24.9. The van der Waals surface area contributed by atoms with Crippen LogP contribution in [0.4, 0.5) is 10.5 Å². The molecule has 0 saturated heterocycles. The minimum atomic E-state index is -0.309. The van der Waals surface area contributed by atoms with Gasteiger partial charge in [0.05, 0.1) is 24.4 Å². The Morgan fingerprint density at radius 1 is 1.25 bits per heavy atom. The number of carbonyl (C=O) groups excluding carboxylic acids is 2. The van der Waals surface area contributed by atoms with Gasteiger partial charge in [0.15, 0.2) is 5.76 Å². The minimum Gasteiger partial charge on any atom is -0.379 e. The van der Waals surface area contributed by atoms with E-state index in [2.05, 4.69) is 21.1 Å². The highest BCUT2D eigenvalue weighted by Gasteiger charge is 2.35. The van der Waals surface area contributed by atoms with Crippen LogP contribution in [0.25, 0.3) is 0 Å². The number of nitrogens with one attached hydrogen (secondary N) is 3. The molecule has 0 spiro atoms. The first-order valence-electron chi connectivity index (χ1n) is 9.40. The van der Waals surface area contributed by atoms with Gasteiger partial charge >= 0.3 is 6.03 Å². The van der Waals surface area contributed by atoms with Crippen molar-refractivity contribution in [3.8, 4) is 0 Å². The van der Waals surface area contributed by atoms with E-state index < -0.39 is 0 Å². The second-order valence-corrected chi connectivity index (χ2v) is 7.01. The maximum Gasteiger partial charge on any atom is 0.319 e. The molecule has 3 amide bonds. The fraction of sp³-hybridized carbons (Fsp3) is 0.450. The van der Waals surface area contributed by atoms with Crippen LogP contribution in [0.5, 0.6) is 0 Å². The lowest BCUT2D eigenvalue weighted by Gasteiger charge is -2.35. The molecule has 28 heavy (non-hydrogen) atoms. The third-order valence-corrected chi connectivity index (χ3v) is 4.92. The number of benzene rings is 1. The van der Waals surface area contributed by atoms with E-state index in [1.807, 2.05) is 37.3 Å². The van der Waals surface area contributed by atoms with Crippen LogP contribution in [0.1, 0.15) is 30.7 Å². The van der Waals surface area contributed by atoms with Crippen LogP contribution >= 0.6 is 0 Å². The Labute approximate surface area is 164 Å². The highest BCUT2D eigenvalue weighted by Crippen LogP contribution is 2.27. The van der Waals surface area contributed by atoms with Gasteiger partial charge in [0.25, 0.3) is 0 Å². The van der Waals surface area contributed by atoms with E-state index in [-0.39, 0.29) is 30.0 Å². The predicted molar refractivity (Wildman–Crippen MR) is 104 cm³/mol. The van der Waals surface area contributed by atoms with Gasteiger partial charge < -0.3 is 25.2 Å². The Morgan fingerprint density at radius 2 is 2.04 bits per heavy atom. The van der Waals surface area contributed by atoms with E-state index >= 15 is 0 Å². The zero-order chi connectivity index (χ0) is 19.9. The zero-order valence-corrected chi connectivity index (χ0v) is 16.1. The van der Waals surface area contributed by atoms with E-state index in [1.54, 1.807) is 13.2 Å². The van der Waals surface area contributed by atoms with E-state index in [4.69, 9.17) is 9.26 Å². The Kier molecular flexibility index (Phi) is 6.65. The standard InChI is InChI=1S/C20H26N4O4/c1-13-10-16(28-24-13)12-21-19(25)14-8-9-18(27-2)17(11-14)23-20(26)22-15-6-4-3-5-7-15/h3-7,10,14,17-18H,8-9,11-12H2,1-2H3,(H,21,25)(H2,22,23,26)/t14-,17+,18+/m0/s1. The van der Waals surface area contributed by atoms with Crippen molar-refractivity contribution in [2.45, 2.75) is 44.9 Å². The number of anilines is 1. The van der Waals surface area contributed by atoms with Gasteiger partial charge in [0, 0.05) is 24.8 Å². The minimum absolute atomic E-state index is 0.0566. The van der Waals surface area contributed by atoms with E-state index in [0.717, 1.165) is 5.69 Å². The molecule has 1 aliphatic carbocycles. The topological polar surface area (TPSA) is 105 Å². The number of rotatable bonds is 6. The van der Waals surface area contributed by atoms with Crippen LogP contribution in [0.3, 0.4) is 0 Å². The van der Waals surface area contributed by atoms with E-state index in [0.29, 0.717) is 37.3 Å².